The molecule has 7 atom stereocenters. The Hall–Kier alpha value is -4.39. The maximum absolute atomic E-state index is 14.8. The zero-order valence-electron chi connectivity index (χ0n) is 39.9. The summed E-state index contributed by atoms with van der Waals surface area (Å²) in [6.07, 6.45) is 2.67. The molecule has 1 spiro atoms. The second-order valence-electron chi connectivity index (χ2n) is 22.3. The van der Waals surface area contributed by atoms with E-state index in [1.54, 1.807) is 0 Å². The summed E-state index contributed by atoms with van der Waals surface area (Å²) in [4.78, 5) is 28.0. The molecule has 2 aliphatic heterocycles. The van der Waals surface area contributed by atoms with E-state index in [9.17, 15) is 14.7 Å². The first-order valence-corrected chi connectivity index (χ1v) is 27.8. The van der Waals surface area contributed by atoms with Crippen LogP contribution in [0, 0.1) is 23.2 Å². The van der Waals surface area contributed by atoms with Crippen molar-refractivity contribution in [1.82, 2.24) is 0 Å². The van der Waals surface area contributed by atoms with Gasteiger partial charge in [-0.3, -0.25) is 9.59 Å². The predicted molar refractivity (Wildman–Crippen MR) is 263 cm³/mol. The van der Waals surface area contributed by atoms with Crippen molar-refractivity contribution in [3.63, 3.8) is 0 Å². The molecule has 0 amide bonds. The number of ketones is 1. The number of hydrogen-bond donors (Lipinski definition) is 1. The van der Waals surface area contributed by atoms with Crippen LogP contribution in [0.15, 0.2) is 144 Å². The van der Waals surface area contributed by atoms with Gasteiger partial charge in [0.2, 0.25) is 5.78 Å². The zero-order valence-corrected chi connectivity index (χ0v) is 41.9. The largest absolute Gasteiger partial charge is 0.504 e. The van der Waals surface area contributed by atoms with E-state index in [0.717, 1.165) is 24.8 Å². The van der Waals surface area contributed by atoms with Gasteiger partial charge in [-0.05, 0) is 86.3 Å². The number of hydrogen-bond acceptors (Lipinski definition) is 7. The van der Waals surface area contributed by atoms with Gasteiger partial charge in [-0.15, -0.1) is 0 Å². The Kier molecular flexibility index (Phi) is 11.8. The van der Waals surface area contributed by atoms with E-state index in [2.05, 4.69) is 165 Å². The Morgan fingerprint density at radius 3 is 1.72 bits per heavy atom. The van der Waals surface area contributed by atoms with E-state index < -0.39 is 51.9 Å². The van der Waals surface area contributed by atoms with Crippen LogP contribution in [0.1, 0.15) is 101 Å². The van der Waals surface area contributed by atoms with Crippen molar-refractivity contribution >= 4 is 49.1 Å². The normalized spacial score (nSPS) is 27.6. The zero-order chi connectivity index (χ0) is 46.2. The number of aliphatic hydroxyl groups excluding tert-OH is 1. The van der Waals surface area contributed by atoms with Gasteiger partial charge in [-0.2, -0.15) is 0 Å². The minimum Gasteiger partial charge on any atom is -0.504 e. The summed E-state index contributed by atoms with van der Waals surface area (Å²) in [6.45, 7) is 20.0. The third-order valence-electron chi connectivity index (χ3n) is 15.8. The molecular formula is C56H68O7Si2. The molecule has 9 heteroatoms. The molecule has 0 aromatic heterocycles. The summed E-state index contributed by atoms with van der Waals surface area (Å²) in [5, 5.41) is 16.9. The average Bonchev–Trinajstić information content (AvgIpc) is 3.84. The highest BCUT2D eigenvalue weighted by Gasteiger charge is 2.72. The highest BCUT2D eigenvalue weighted by Crippen LogP contribution is 2.64. The van der Waals surface area contributed by atoms with E-state index in [1.807, 2.05) is 12.1 Å². The number of carbonyl (C=O) groups excluding carboxylic acids is 2. The monoisotopic (exact) mass is 908 g/mol. The van der Waals surface area contributed by atoms with Gasteiger partial charge in [0.25, 0.3) is 16.6 Å². The summed E-state index contributed by atoms with van der Waals surface area (Å²) >= 11 is 0. The van der Waals surface area contributed by atoms with Gasteiger partial charge in [-0.1, -0.05) is 177 Å². The average molecular weight is 909 g/mol. The van der Waals surface area contributed by atoms with Crippen LogP contribution in [0.2, 0.25) is 10.1 Å². The van der Waals surface area contributed by atoms with Crippen LogP contribution in [0.3, 0.4) is 0 Å². The summed E-state index contributed by atoms with van der Waals surface area (Å²) < 4.78 is 28.8. The molecule has 3 aliphatic carbocycles. The van der Waals surface area contributed by atoms with Crippen molar-refractivity contribution in [3.05, 3.63) is 144 Å². The highest BCUT2D eigenvalue weighted by atomic mass is 28.4. The maximum atomic E-state index is 14.8. The van der Waals surface area contributed by atoms with Crippen molar-refractivity contribution in [1.29, 1.82) is 0 Å². The van der Waals surface area contributed by atoms with E-state index in [1.165, 1.54) is 27.7 Å². The van der Waals surface area contributed by atoms with Crippen molar-refractivity contribution in [2.75, 3.05) is 6.61 Å². The first kappa shape index (κ1) is 45.8. The third kappa shape index (κ3) is 7.58. The SMILES string of the molecule is CC(=O)O[C@H]1C2=C(CC(C[C@H]3C[C@@H]3CO[Si](c3ccccc3)(c3ccccc3)C(C)(C)C)CC2)C(=O)C(O)=C2C(C)(C)[C@H]3O[C@]21C[C@@H]3O[Si](c1ccccc1)(c1ccccc1)C(C)(C)C. The van der Waals surface area contributed by atoms with Crippen LogP contribution in [-0.2, 0) is 27.9 Å². The van der Waals surface area contributed by atoms with Gasteiger partial charge >= 0.3 is 5.97 Å². The van der Waals surface area contributed by atoms with Crippen LogP contribution >= 0.6 is 0 Å². The lowest BCUT2D eigenvalue weighted by Crippen LogP contribution is -2.69. The van der Waals surface area contributed by atoms with E-state index in [-0.39, 0.29) is 27.5 Å². The number of Topliss-reactive ketones (excluding diaryl/α,β-unsaturated/α-hetero) is 1. The second kappa shape index (κ2) is 16.7. The standard InChI is InChI=1S/C56H68O7Si2/c1-37(57)61-51-45-31-30-38(32-39-34-40(39)36-60-64(53(2,3)4,41-22-14-10-15-23-41)42-24-16-11-17-25-42)33-46(45)48(58)49(59)50-55(8,9)52-47(35-56(50,51)62-52)63-65(54(5,6)7,43-26-18-12-19-27-43)44-28-20-13-21-29-44/h10-29,38-40,47,51-52,59H,30-36H2,1-9H3/t38?,39-,40+,47-,51-,52-,56+/m0/s1. The number of ether oxygens (including phenoxy) is 2. The van der Waals surface area contributed by atoms with Crippen molar-refractivity contribution in [3.8, 4) is 0 Å². The van der Waals surface area contributed by atoms with Crippen molar-refractivity contribution in [2.45, 2.75) is 135 Å². The van der Waals surface area contributed by atoms with Gasteiger partial charge < -0.3 is 23.4 Å². The fraction of sp³-hybridized carbons (Fsp3) is 0.464. The van der Waals surface area contributed by atoms with Crippen LogP contribution < -0.4 is 20.7 Å². The molecular weight excluding hydrogens is 841 g/mol. The Labute approximate surface area is 388 Å². The molecule has 342 valence electrons. The van der Waals surface area contributed by atoms with E-state index >= 15 is 0 Å². The van der Waals surface area contributed by atoms with Gasteiger partial charge in [0.05, 0.1) is 12.2 Å². The number of carbonyl (C=O) groups is 2. The van der Waals surface area contributed by atoms with Gasteiger partial charge in [0, 0.05) is 36.5 Å². The van der Waals surface area contributed by atoms with Gasteiger partial charge in [0.1, 0.15) is 5.60 Å². The Balaban J connectivity index is 0.998. The van der Waals surface area contributed by atoms with Crippen LogP contribution in [0.25, 0.3) is 0 Å². The smallest absolute Gasteiger partial charge is 0.303 e. The molecule has 5 aliphatic rings. The molecule has 1 saturated carbocycles. The molecule has 4 aromatic carbocycles. The lowest BCUT2D eigenvalue weighted by Gasteiger charge is -2.48. The summed E-state index contributed by atoms with van der Waals surface area (Å²) in [5.41, 5.74) is -0.115. The van der Waals surface area contributed by atoms with Gasteiger partial charge in [-0.25, -0.2) is 0 Å². The second-order valence-corrected chi connectivity index (χ2v) is 30.9. The highest BCUT2D eigenvalue weighted by molar-refractivity contribution is 7.00. The topological polar surface area (TPSA) is 91.3 Å². The molecule has 2 bridgehead atoms. The molecule has 1 N–H and O–H groups in total. The summed E-state index contributed by atoms with van der Waals surface area (Å²) in [7, 11) is -5.70. The number of fused-ring (bicyclic) bond motifs is 1. The van der Waals surface area contributed by atoms with Crippen LogP contribution in [0.4, 0.5) is 0 Å². The van der Waals surface area contributed by atoms with Gasteiger partial charge in [0.15, 0.2) is 11.9 Å². The molecule has 1 unspecified atom stereocenters. The molecule has 0 radical (unpaired) electrons. The minimum atomic E-state index is -3.04. The van der Waals surface area contributed by atoms with Crippen molar-refractivity contribution < 1.29 is 33.0 Å². The molecule has 65 heavy (non-hydrogen) atoms. The lowest BCUT2D eigenvalue weighted by molar-refractivity contribution is -0.156. The van der Waals surface area contributed by atoms with Crippen molar-refractivity contribution in [2.24, 2.45) is 23.2 Å². The number of esters is 1. The van der Waals surface area contributed by atoms with E-state index in [0.29, 0.717) is 48.9 Å². The van der Waals surface area contributed by atoms with Crippen LogP contribution in [-0.4, -0.2) is 64.0 Å². The first-order valence-electron chi connectivity index (χ1n) is 23.9. The molecule has 7 nitrogen and oxygen atoms in total. The van der Waals surface area contributed by atoms with Crippen LogP contribution in [0.5, 0.6) is 0 Å². The summed E-state index contributed by atoms with van der Waals surface area (Å²) in [5.74, 6) is 0.166. The number of rotatable bonds is 12. The molecule has 2 saturated heterocycles. The first-order chi connectivity index (χ1) is 30.8. The minimum absolute atomic E-state index is 0.0931. The Morgan fingerprint density at radius 2 is 1.25 bits per heavy atom. The summed E-state index contributed by atoms with van der Waals surface area (Å²) in [6, 6.07) is 42.8. The van der Waals surface area contributed by atoms with E-state index in [4.69, 9.17) is 18.3 Å². The maximum Gasteiger partial charge on any atom is 0.303 e. The fourth-order valence-electron chi connectivity index (χ4n) is 12.9. The Morgan fingerprint density at radius 1 is 0.754 bits per heavy atom. The molecule has 9 rings (SSSR count). The number of benzene rings is 4. The number of allylic oxidation sites excluding steroid dienone is 1. The fourth-order valence-corrected chi connectivity index (χ4v) is 22.2. The molecule has 3 fully saturated rings. The molecule has 2 heterocycles. The lowest BCUT2D eigenvalue weighted by atomic mass is 9.64. The quantitative estimate of drug-likeness (QED) is 0.112. The Bertz CT molecular complexity index is 2390. The number of aliphatic hydroxyl groups is 1. The third-order valence-corrected chi connectivity index (χ3v) is 25.9. The predicted octanol–water partition coefficient (Wildman–Crippen LogP) is 9.53. The molecule has 4 aromatic rings.